The van der Waals surface area contributed by atoms with Crippen LogP contribution in [0.15, 0.2) is 35.2 Å². The first-order chi connectivity index (χ1) is 9.83. The van der Waals surface area contributed by atoms with E-state index in [-0.39, 0.29) is 27.3 Å². The molecule has 3 N–H and O–H groups in total. The molecule has 0 saturated carbocycles. The molecule has 1 aromatic carbocycles. The quantitative estimate of drug-likeness (QED) is 0.891. The fraction of sp³-hybridized carbons (Fsp3) is 0.154. The van der Waals surface area contributed by atoms with Crippen LogP contribution < -0.4 is 10.5 Å². The van der Waals surface area contributed by atoms with Crippen LogP contribution in [0.25, 0.3) is 0 Å². The lowest BCUT2D eigenvalue weighted by molar-refractivity contribution is 0.601. The van der Waals surface area contributed by atoms with Gasteiger partial charge in [-0.1, -0.05) is 29.3 Å². The number of nitrogens with one attached hydrogen (secondary N) is 1. The summed E-state index contributed by atoms with van der Waals surface area (Å²) < 4.78 is 27.2. The first kappa shape index (κ1) is 16.0. The Morgan fingerprint density at radius 2 is 2.00 bits per heavy atom. The van der Waals surface area contributed by atoms with Crippen molar-refractivity contribution >= 4 is 39.0 Å². The smallest absolute Gasteiger partial charge is 0.264 e. The predicted molar refractivity (Wildman–Crippen MR) is 84.1 cm³/mol. The Hall–Kier alpha value is -1.34. The minimum atomic E-state index is -3.90. The monoisotopic (exact) mass is 345 g/mol. The molecule has 1 heterocycles. The zero-order valence-corrected chi connectivity index (χ0v) is 13.4. The van der Waals surface area contributed by atoms with Gasteiger partial charge in [-0.3, -0.25) is 4.72 Å². The van der Waals surface area contributed by atoms with E-state index in [1.807, 2.05) is 0 Å². The average Bonchev–Trinajstić information content (AvgIpc) is 2.40. The van der Waals surface area contributed by atoms with Gasteiger partial charge in [-0.2, -0.15) is 0 Å². The van der Waals surface area contributed by atoms with Gasteiger partial charge in [0.05, 0.1) is 5.02 Å². The zero-order chi connectivity index (χ0) is 15.6. The van der Waals surface area contributed by atoms with Gasteiger partial charge in [-0.05, 0) is 36.8 Å². The second kappa shape index (κ2) is 6.19. The lowest BCUT2D eigenvalue weighted by Gasteiger charge is -2.12. The molecular formula is C13H13Cl2N3O2S. The normalized spacial score (nSPS) is 11.4. The summed E-state index contributed by atoms with van der Waals surface area (Å²) in [4.78, 5) is 3.96. The van der Waals surface area contributed by atoms with Gasteiger partial charge in [0.25, 0.3) is 10.0 Å². The van der Waals surface area contributed by atoms with Crippen molar-refractivity contribution in [3.05, 3.63) is 51.6 Å². The van der Waals surface area contributed by atoms with Crippen molar-refractivity contribution < 1.29 is 8.42 Å². The molecule has 112 valence electrons. The van der Waals surface area contributed by atoms with E-state index in [0.717, 1.165) is 0 Å². The maximum atomic E-state index is 12.4. The molecule has 0 radical (unpaired) electrons. The largest absolute Gasteiger partial charge is 0.326 e. The number of hydrogen-bond donors (Lipinski definition) is 2. The lowest BCUT2D eigenvalue weighted by atomic mass is 10.2. The summed E-state index contributed by atoms with van der Waals surface area (Å²) in [6.45, 7) is 1.85. The van der Waals surface area contributed by atoms with E-state index in [1.54, 1.807) is 25.1 Å². The van der Waals surface area contributed by atoms with E-state index >= 15 is 0 Å². The number of hydrogen-bond acceptors (Lipinski definition) is 4. The fourth-order valence-electron chi connectivity index (χ4n) is 1.75. The molecule has 0 unspecified atom stereocenters. The number of aryl methyl sites for hydroxylation is 1. The van der Waals surface area contributed by atoms with Crippen molar-refractivity contribution in [3.63, 3.8) is 0 Å². The number of anilines is 1. The molecule has 0 amide bonds. The highest BCUT2D eigenvalue weighted by molar-refractivity contribution is 7.92. The molecule has 0 atom stereocenters. The highest BCUT2D eigenvalue weighted by Crippen LogP contribution is 2.30. The minimum Gasteiger partial charge on any atom is -0.326 e. The maximum Gasteiger partial charge on any atom is 0.264 e. The molecule has 0 spiro atoms. The number of nitrogens with zero attached hydrogens (tertiary/aromatic N) is 1. The summed E-state index contributed by atoms with van der Waals surface area (Å²) in [5.74, 6) is 0.209. The molecular weight excluding hydrogens is 333 g/mol. The van der Waals surface area contributed by atoms with Crippen LogP contribution in [0.3, 0.4) is 0 Å². The molecule has 0 saturated heterocycles. The van der Waals surface area contributed by atoms with Crippen molar-refractivity contribution in [1.29, 1.82) is 0 Å². The molecule has 0 aliphatic heterocycles. The Morgan fingerprint density at radius 1 is 1.29 bits per heavy atom. The van der Waals surface area contributed by atoms with Crippen LogP contribution in [0.4, 0.5) is 5.82 Å². The van der Waals surface area contributed by atoms with Crippen molar-refractivity contribution in [2.45, 2.75) is 18.4 Å². The van der Waals surface area contributed by atoms with Crippen molar-refractivity contribution in [2.24, 2.45) is 5.73 Å². The molecule has 21 heavy (non-hydrogen) atoms. The lowest BCUT2D eigenvalue weighted by Crippen LogP contribution is -2.15. The Balaban J connectivity index is 2.47. The van der Waals surface area contributed by atoms with E-state index in [1.165, 1.54) is 12.1 Å². The molecule has 0 aliphatic carbocycles. The van der Waals surface area contributed by atoms with Crippen molar-refractivity contribution in [3.8, 4) is 0 Å². The summed E-state index contributed by atoms with van der Waals surface area (Å²) >= 11 is 12.0. The number of halogens is 2. The number of rotatable bonds is 4. The van der Waals surface area contributed by atoms with Crippen LogP contribution in [0, 0.1) is 6.92 Å². The molecule has 2 aromatic rings. The van der Waals surface area contributed by atoms with Gasteiger partial charge in [-0.25, -0.2) is 13.4 Å². The predicted octanol–water partition coefficient (Wildman–Crippen LogP) is 2.96. The first-order valence-corrected chi connectivity index (χ1v) is 8.22. The zero-order valence-electron chi connectivity index (χ0n) is 11.1. The van der Waals surface area contributed by atoms with Gasteiger partial charge in [-0.15, -0.1) is 0 Å². The summed E-state index contributed by atoms with van der Waals surface area (Å²) in [5.41, 5.74) is 6.68. The first-order valence-electron chi connectivity index (χ1n) is 5.98. The van der Waals surface area contributed by atoms with E-state index in [9.17, 15) is 8.42 Å². The Bertz CT molecular complexity index is 779. The van der Waals surface area contributed by atoms with E-state index in [0.29, 0.717) is 11.3 Å². The van der Waals surface area contributed by atoms with Crippen molar-refractivity contribution in [2.75, 3.05) is 4.72 Å². The van der Waals surface area contributed by atoms with Gasteiger partial charge < -0.3 is 5.73 Å². The molecule has 0 fully saturated rings. The van der Waals surface area contributed by atoms with E-state index in [2.05, 4.69) is 9.71 Å². The standard InChI is InChI=1S/C13H13Cl2N3O2S/c1-8-3-2-4-12(17-8)18-21(19,20)11-6-10(14)5-9(7-16)13(11)15/h2-6H,7,16H2,1H3,(H,17,18). The van der Waals surface area contributed by atoms with Crippen LogP contribution in [-0.2, 0) is 16.6 Å². The van der Waals surface area contributed by atoms with Crippen LogP contribution in [0.5, 0.6) is 0 Å². The third-order valence-electron chi connectivity index (χ3n) is 2.72. The number of aromatic nitrogens is 1. The van der Waals surface area contributed by atoms with Gasteiger partial charge in [0.15, 0.2) is 0 Å². The average molecular weight is 346 g/mol. The van der Waals surface area contributed by atoms with E-state index < -0.39 is 10.0 Å². The van der Waals surface area contributed by atoms with Crippen molar-refractivity contribution in [1.82, 2.24) is 4.98 Å². The highest BCUT2D eigenvalue weighted by Gasteiger charge is 2.21. The summed E-state index contributed by atoms with van der Waals surface area (Å²) in [6.07, 6.45) is 0. The fourth-order valence-corrected chi connectivity index (χ4v) is 3.70. The molecule has 2 rings (SSSR count). The van der Waals surface area contributed by atoms with Gasteiger partial charge in [0.2, 0.25) is 0 Å². The number of sulfonamides is 1. The molecule has 1 aromatic heterocycles. The van der Waals surface area contributed by atoms with Crippen LogP contribution >= 0.6 is 23.2 Å². The Morgan fingerprint density at radius 3 is 2.62 bits per heavy atom. The van der Waals surface area contributed by atoms with Gasteiger partial charge in [0, 0.05) is 17.3 Å². The SMILES string of the molecule is Cc1cccc(NS(=O)(=O)c2cc(Cl)cc(CN)c2Cl)n1. The van der Waals surface area contributed by atoms with E-state index in [4.69, 9.17) is 28.9 Å². The summed E-state index contributed by atoms with van der Waals surface area (Å²) in [5, 5.41) is 0.305. The number of nitrogens with two attached hydrogens (primary N) is 1. The van der Waals surface area contributed by atoms with Crippen LogP contribution in [0.1, 0.15) is 11.3 Å². The second-order valence-electron chi connectivity index (χ2n) is 4.35. The maximum absolute atomic E-state index is 12.4. The van der Waals surface area contributed by atoms with Gasteiger partial charge in [0.1, 0.15) is 10.7 Å². The third kappa shape index (κ3) is 3.65. The number of pyridine rings is 1. The Labute approximate surface area is 133 Å². The van der Waals surface area contributed by atoms with Crippen LogP contribution in [0.2, 0.25) is 10.0 Å². The molecule has 0 bridgehead atoms. The summed E-state index contributed by atoms with van der Waals surface area (Å²) in [7, 11) is -3.90. The third-order valence-corrected chi connectivity index (χ3v) is 4.87. The second-order valence-corrected chi connectivity index (χ2v) is 6.82. The number of benzene rings is 1. The molecule has 0 aliphatic rings. The summed E-state index contributed by atoms with van der Waals surface area (Å²) in [6, 6.07) is 7.82. The topological polar surface area (TPSA) is 85.1 Å². The van der Waals surface area contributed by atoms with Gasteiger partial charge >= 0.3 is 0 Å². The molecule has 8 heteroatoms. The molecule has 5 nitrogen and oxygen atoms in total. The minimum absolute atomic E-state index is 0.0575. The highest BCUT2D eigenvalue weighted by atomic mass is 35.5. The van der Waals surface area contributed by atoms with Crippen LogP contribution in [-0.4, -0.2) is 13.4 Å². The Kier molecular flexibility index (Phi) is 4.73.